The third-order valence-electron chi connectivity index (χ3n) is 1.65. The number of halogens is 1. The molecule has 0 rings (SSSR count). The van der Waals surface area contributed by atoms with Crippen molar-refractivity contribution < 1.29 is 0 Å². The highest BCUT2D eigenvalue weighted by molar-refractivity contribution is 9.09. The zero-order chi connectivity index (χ0) is 8.85. The summed E-state index contributed by atoms with van der Waals surface area (Å²) in [7, 11) is 2.18. The van der Waals surface area contributed by atoms with E-state index in [0.717, 1.165) is 12.5 Å². The van der Waals surface area contributed by atoms with Crippen molar-refractivity contribution in [1.82, 2.24) is 4.90 Å². The van der Waals surface area contributed by atoms with Crippen LogP contribution >= 0.6 is 15.9 Å². The highest BCUT2D eigenvalue weighted by Gasteiger charge is 2.02. The standard InChI is InChI=1S/C9H20BrN/c1-8(2)5-6-11(4)7-9(3)10/h8-9H,5-7H2,1-4H3. The van der Waals surface area contributed by atoms with Gasteiger partial charge in [-0.25, -0.2) is 0 Å². The molecule has 2 heteroatoms. The highest BCUT2D eigenvalue weighted by atomic mass is 79.9. The summed E-state index contributed by atoms with van der Waals surface area (Å²) >= 11 is 3.54. The Bertz CT molecular complexity index is 91.6. The molecule has 0 radical (unpaired) electrons. The van der Waals surface area contributed by atoms with Gasteiger partial charge >= 0.3 is 0 Å². The van der Waals surface area contributed by atoms with Gasteiger partial charge in [-0.1, -0.05) is 36.7 Å². The van der Waals surface area contributed by atoms with Gasteiger partial charge in [0.15, 0.2) is 0 Å². The van der Waals surface area contributed by atoms with E-state index >= 15 is 0 Å². The summed E-state index contributed by atoms with van der Waals surface area (Å²) in [5, 5.41) is 0. The lowest BCUT2D eigenvalue weighted by atomic mass is 10.1. The molecule has 0 spiro atoms. The van der Waals surface area contributed by atoms with Crippen molar-refractivity contribution in [3.8, 4) is 0 Å². The minimum Gasteiger partial charge on any atom is -0.305 e. The van der Waals surface area contributed by atoms with E-state index in [2.05, 4.69) is 48.6 Å². The molecule has 1 nitrogen and oxygen atoms in total. The molecule has 0 aromatic rings. The second-order valence-electron chi connectivity index (χ2n) is 3.73. The van der Waals surface area contributed by atoms with Crippen LogP contribution in [0.3, 0.4) is 0 Å². The van der Waals surface area contributed by atoms with Gasteiger partial charge in [-0.15, -0.1) is 0 Å². The molecule has 11 heavy (non-hydrogen) atoms. The molecule has 1 unspecified atom stereocenters. The van der Waals surface area contributed by atoms with E-state index < -0.39 is 0 Å². The molecule has 0 heterocycles. The maximum Gasteiger partial charge on any atom is 0.0244 e. The number of alkyl halides is 1. The number of rotatable bonds is 5. The van der Waals surface area contributed by atoms with E-state index in [1.54, 1.807) is 0 Å². The van der Waals surface area contributed by atoms with Crippen LogP contribution < -0.4 is 0 Å². The van der Waals surface area contributed by atoms with E-state index in [0.29, 0.717) is 4.83 Å². The summed E-state index contributed by atoms with van der Waals surface area (Å²) in [6.07, 6.45) is 1.30. The number of hydrogen-bond donors (Lipinski definition) is 0. The van der Waals surface area contributed by atoms with Gasteiger partial charge < -0.3 is 4.90 Å². The van der Waals surface area contributed by atoms with E-state index in [-0.39, 0.29) is 0 Å². The van der Waals surface area contributed by atoms with Gasteiger partial charge in [0, 0.05) is 11.4 Å². The topological polar surface area (TPSA) is 3.24 Å². The molecule has 0 saturated carbocycles. The van der Waals surface area contributed by atoms with Crippen LogP contribution in [-0.4, -0.2) is 29.9 Å². The average molecular weight is 222 g/mol. The van der Waals surface area contributed by atoms with Crippen LogP contribution in [-0.2, 0) is 0 Å². The molecule has 0 fully saturated rings. The first-order chi connectivity index (χ1) is 5.02. The number of nitrogens with zero attached hydrogens (tertiary/aromatic N) is 1. The highest BCUT2D eigenvalue weighted by Crippen LogP contribution is 2.03. The molecule has 68 valence electrons. The Morgan fingerprint density at radius 2 is 1.82 bits per heavy atom. The van der Waals surface area contributed by atoms with Crippen molar-refractivity contribution in [2.24, 2.45) is 5.92 Å². The summed E-state index contributed by atoms with van der Waals surface area (Å²) in [6, 6.07) is 0. The van der Waals surface area contributed by atoms with Crippen molar-refractivity contribution >= 4 is 15.9 Å². The van der Waals surface area contributed by atoms with Gasteiger partial charge in [-0.3, -0.25) is 0 Å². The third-order valence-corrected chi connectivity index (χ3v) is 1.94. The molecule has 0 aliphatic heterocycles. The fraction of sp³-hybridized carbons (Fsp3) is 1.00. The second-order valence-corrected chi connectivity index (χ2v) is 5.29. The van der Waals surface area contributed by atoms with Crippen LogP contribution in [0.5, 0.6) is 0 Å². The molecular formula is C9H20BrN. The number of hydrogen-bond acceptors (Lipinski definition) is 1. The zero-order valence-corrected chi connectivity index (χ0v) is 9.69. The smallest absolute Gasteiger partial charge is 0.0244 e. The SMILES string of the molecule is CC(C)CCN(C)CC(C)Br. The Morgan fingerprint density at radius 3 is 2.18 bits per heavy atom. The lowest BCUT2D eigenvalue weighted by Gasteiger charge is -2.18. The van der Waals surface area contributed by atoms with Crippen molar-refractivity contribution in [3.63, 3.8) is 0 Å². The summed E-state index contributed by atoms with van der Waals surface area (Å²) < 4.78 is 0. The lowest BCUT2D eigenvalue weighted by molar-refractivity contribution is 0.315. The molecule has 0 aromatic heterocycles. The predicted octanol–water partition coefficient (Wildman–Crippen LogP) is 2.75. The Labute approximate surface area is 79.3 Å². The molecular weight excluding hydrogens is 202 g/mol. The van der Waals surface area contributed by atoms with Crippen molar-refractivity contribution in [1.29, 1.82) is 0 Å². The van der Waals surface area contributed by atoms with E-state index in [4.69, 9.17) is 0 Å². The van der Waals surface area contributed by atoms with Crippen molar-refractivity contribution in [3.05, 3.63) is 0 Å². The van der Waals surface area contributed by atoms with Gasteiger partial charge in [0.1, 0.15) is 0 Å². The molecule has 0 N–H and O–H groups in total. The zero-order valence-electron chi connectivity index (χ0n) is 8.10. The first-order valence-electron chi connectivity index (χ1n) is 4.35. The molecule has 0 saturated heterocycles. The first kappa shape index (κ1) is 11.4. The van der Waals surface area contributed by atoms with Gasteiger partial charge in [-0.05, 0) is 25.9 Å². The Balaban J connectivity index is 3.29. The fourth-order valence-electron chi connectivity index (χ4n) is 0.999. The third kappa shape index (κ3) is 8.35. The lowest BCUT2D eigenvalue weighted by Crippen LogP contribution is -2.26. The Morgan fingerprint density at radius 1 is 1.27 bits per heavy atom. The van der Waals surface area contributed by atoms with Crippen molar-refractivity contribution in [2.45, 2.75) is 32.0 Å². The first-order valence-corrected chi connectivity index (χ1v) is 5.26. The average Bonchev–Trinajstić information content (AvgIpc) is 1.82. The van der Waals surface area contributed by atoms with Crippen LogP contribution in [0.15, 0.2) is 0 Å². The van der Waals surface area contributed by atoms with Gasteiger partial charge in [0.2, 0.25) is 0 Å². The van der Waals surface area contributed by atoms with E-state index in [1.807, 2.05) is 0 Å². The normalized spacial score (nSPS) is 14.5. The van der Waals surface area contributed by atoms with Crippen LogP contribution in [0.25, 0.3) is 0 Å². The van der Waals surface area contributed by atoms with E-state index in [9.17, 15) is 0 Å². The van der Waals surface area contributed by atoms with Gasteiger partial charge in [0.05, 0.1) is 0 Å². The Kier molecular flexibility index (Phi) is 6.25. The maximum atomic E-state index is 3.54. The van der Waals surface area contributed by atoms with Crippen LogP contribution in [0.4, 0.5) is 0 Å². The minimum atomic E-state index is 0.611. The molecule has 0 aliphatic carbocycles. The summed E-state index contributed by atoms with van der Waals surface area (Å²) in [4.78, 5) is 2.99. The quantitative estimate of drug-likeness (QED) is 0.646. The summed E-state index contributed by atoms with van der Waals surface area (Å²) in [5.41, 5.74) is 0. The summed E-state index contributed by atoms with van der Waals surface area (Å²) in [6.45, 7) is 9.09. The molecule has 1 atom stereocenters. The second kappa shape index (κ2) is 6.01. The fourth-order valence-corrected chi connectivity index (χ4v) is 1.49. The summed E-state index contributed by atoms with van der Waals surface area (Å²) in [5.74, 6) is 0.822. The van der Waals surface area contributed by atoms with Gasteiger partial charge in [-0.2, -0.15) is 0 Å². The maximum absolute atomic E-state index is 3.54. The van der Waals surface area contributed by atoms with Crippen LogP contribution in [0, 0.1) is 5.92 Å². The Hall–Kier alpha value is 0.440. The molecule has 0 amide bonds. The van der Waals surface area contributed by atoms with Crippen molar-refractivity contribution in [2.75, 3.05) is 20.1 Å². The largest absolute Gasteiger partial charge is 0.305 e. The monoisotopic (exact) mass is 221 g/mol. The van der Waals surface area contributed by atoms with Gasteiger partial charge in [0.25, 0.3) is 0 Å². The van der Waals surface area contributed by atoms with Crippen LogP contribution in [0.2, 0.25) is 0 Å². The minimum absolute atomic E-state index is 0.611. The molecule has 0 bridgehead atoms. The predicted molar refractivity (Wildman–Crippen MR) is 55.3 cm³/mol. The molecule has 0 aliphatic rings. The van der Waals surface area contributed by atoms with Crippen LogP contribution in [0.1, 0.15) is 27.2 Å². The molecule has 0 aromatic carbocycles. The van der Waals surface area contributed by atoms with E-state index in [1.165, 1.54) is 13.0 Å².